The molecular formula is C45H90N2O5S. The molecule has 0 saturated heterocycles. The van der Waals surface area contributed by atoms with Gasteiger partial charge in [0.1, 0.15) is 12.4 Å². The van der Waals surface area contributed by atoms with Crippen molar-refractivity contribution in [2.24, 2.45) is 0 Å². The summed E-state index contributed by atoms with van der Waals surface area (Å²) in [6.07, 6.45) is 39.7. The summed E-state index contributed by atoms with van der Waals surface area (Å²) in [4.78, 5) is 27.4. The molecule has 1 N–H and O–H groups in total. The van der Waals surface area contributed by atoms with Gasteiger partial charge in [-0.25, -0.2) is 0 Å². The molecule has 0 rings (SSSR count). The highest BCUT2D eigenvalue weighted by molar-refractivity contribution is 7.88. The molecule has 0 bridgehead atoms. The SMILES string of the molecule is CCCCCCCCOC(=O)CCCCCCCN(CCCCCCCC(=O)OC(CCCCCCCC)CCCCCCCC)CCCN[S+](C)[O-]. The van der Waals surface area contributed by atoms with E-state index in [0.29, 0.717) is 19.4 Å². The largest absolute Gasteiger partial charge is 0.598 e. The number of carbonyl (C=O) groups excluding carboxylic acids is 2. The van der Waals surface area contributed by atoms with Crippen LogP contribution < -0.4 is 4.72 Å². The number of carbonyl (C=O) groups is 2. The summed E-state index contributed by atoms with van der Waals surface area (Å²) in [5.74, 6) is -0.0132. The van der Waals surface area contributed by atoms with Crippen LogP contribution in [-0.4, -0.2) is 66.5 Å². The zero-order valence-corrected chi connectivity index (χ0v) is 36.7. The van der Waals surface area contributed by atoms with Gasteiger partial charge in [-0.15, -0.1) is 4.72 Å². The fourth-order valence-electron chi connectivity index (χ4n) is 7.08. The quantitative estimate of drug-likeness (QED) is 0.0375. The van der Waals surface area contributed by atoms with Gasteiger partial charge in [0, 0.05) is 30.7 Å². The minimum Gasteiger partial charge on any atom is -0.598 e. The molecule has 1 unspecified atom stereocenters. The van der Waals surface area contributed by atoms with E-state index in [2.05, 4.69) is 30.4 Å². The van der Waals surface area contributed by atoms with Crippen LogP contribution in [0.25, 0.3) is 0 Å². The highest BCUT2D eigenvalue weighted by Crippen LogP contribution is 2.18. The minimum atomic E-state index is -0.958. The van der Waals surface area contributed by atoms with Gasteiger partial charge < -0.3 is 18.9 Å². The van der Waals surface area contributed by atoms with Crippen molar-refractivity contribution < 1.29 is 23.6 Å². The van der Waals surface area contributed by atoms with Gasteiger partial charge in [0.2, 0.25) is 0 Å². The summed E-state index contributed by atoms with van der Waals surface area (Å²) >= 11 is -0.958. The molecule has 53 heavy (non-hydrogen) atoms. The van der Waals surface area contributed by atoms with Crippen molar-refractivity contribution in [2.45, 2.75) is 239 Å². The van der Waals surface area contributed by atoms with E-state index in [4.69, 9.17) is 9.47 Å². The van der Waals surface area contributed by atoms with Crippen molar-refractivity contribution in [2.75, 3.05) is 39.0 Å². The van der Waals surface area contributed by atoms with E-state index in [1.165, 1.54) is 128 Å². The average Bonchev–Trinajstić information content (AvgIpc) is 3.14. The van der Waals surface area contributed by atoms with Crippen LogP contribution in [0.1, 0.15) is 233 Å². The fraction of sp³-hybridized carbons (Fsp3) is 0.956. The van der Waals surface area contributed by atoms with Crippen LogP contribution in [0.3, 0.4) is 0 Å². The topological polar surface area (TPSA) is 90.9 Å². The fourth-order valence-corrected chi connectivity index (χ4v) is 7.51. The maximum absolute atomic E-state index is 12.8. The van der Waals surface area contributed by atoms with E-state index >= 15 is 0 Å². The molecule has 0 heterocycles. The van der Waals surface area contributed by atoms with Crippen LogP contribution in [0.2, 0.25) is 0 Å². The smallest absolute Gasteiger partial charge is 0.306 e. The molecule has 8 heteroatoms. The first-order chi connectivity index (χ1) is 25.9. The molecule has 0 aliphatic heterocycles. The molecule has 0 radical (unpaired) electrons. The van der Waals surface area contributed by atoms with E-state index in [-0.39, 0.29) is 18.0 Å². The van der Waals surface area contributed by atoms with Gasteiger partial charge in [-0.2, -0.15) is 0 Å². The summed E-state index contributed by atoms with van der Waals surface area (Å²) in [5.41, 5.74) is 0. The Morgan fingerprint density at radius 3 is 1.42 bits per heavy atom. The Labute approximate surface area is 333 Å². The predicted molar refractivity (Wildman–Crippen MR) is 229 cm³/mol. The molecular weight excluding hydrogens is 681 g/mol. The van der Waals surface area contributed by atoms with E-state index in [9.17, 15) is 14.1 Å². The van der Waals surface area contributed by atoms with Crippen molar-refractivity contribution in [3.8, 4) is 0 Å². The first-order valence-electron chi connectivity index (χ1n) is 23.1. The number of hydrogen-bond acceptors (Lipinski definition) is 7. The Balaban J connectivity index is 4.24. The average molecular weight is 771 g/mol. The third-order valence-electron chi connectivity index (χ3n) is 10.5. The molecule has 0 spiro atoms. The van der Waals surface area contributed by atoms with Crippen LogP contribution >= 0.6 is 0 Å². The van der Waals surface area contributed by atoms with Gasteiger partial charge in [0.25, 0.3) is 0 Å². The molecule has 0 aromatic rings. The zero-order valence-electron chi connectivity index (χ0n) is 35.8. The van der Waals surface area contributed by atoms with Gasteiger partial charge in [-0.05, 0) is 83.8 Å². The van der Waals surface area contributed by atoms with Crippen molar-refractivity contribution >= 4 is 23.3 Å². The van der Waals surface area contributed by atoms with Crippen molar-refractivity contribution in [1.82, 2.24) is 9.62 Å². The summed E-state index contributed by atoms with van der Waals surface area (Å²) < 4.78 is 25.9. The lowest BCUT2D eigenvalue weighted by Gasteiger charge is -2.22. The highest BCUT2D eigenvalue weighted by Gasteiger charge is 2.14. The monoisotopic (exact) mass is 771 g/mol. The lowest BCUT2D eigenvalue weighted by molar-refractivity contribution is -0.150. The summed E-state index contributed by atoms with van der Waals surface area (Å²) in [7, 11) is 0. The van der Waals surface area contributed by atoms with Crippen LogP contribution in [0, 0.1) is 0 Å². The normalized spacial score (nSPS) is 12.2. The van der Waals surface area contributed by atoms with Gasteiger partial charge in [-0.1, -0.05) is 156 Å². The van der Waals surface area contributed by atoms with Crippen LogP contribution in [-0.2, 0) is 30.4 Å². The number of nitrogens with one attached hydrogen (secondary N) is 1. The Morgan fingerprint density at radius 2 is 0.925 bits per heavy atom. The van der Waals surface area contributed by atoms with Crippen LogP contribution in [0.5, 0.6) is 0 Å². The molecule has 0 fully saturated rings. The molecule has 316 valence electrons. The Morgan fingerprint density at radius 1 is 0.528 bits per heavy atom. The second-order valence-electron chi connectivity index (χ2n) is 15.8. The van der Waals surface area contributed by atoms with Crippen molar-refractivity contribution in [1.29, 1.82) is 0 Å². The van der Waals surface area contributed by atoms with E-state index in [1.807, 2.05) is 0 Å². The number of esters is 2. The molecule has 0 aliphatic rings. The highest BCUT2D eigenvalue weighted by atomic mass is 32.2. The standard InChI is InChI=1S/C45H90N2O5S/c1-5-8-11-14-19-26-34-43(35-27-20-15-12-9-6-2)52-45(49)37-29-22-18-24-31-40-47(41-33-38-46-53(4)50)39-30-23-17-21-28-36-44(48)51-42-32-25-16-13-10-7-3/h43,46H,5-42H2,1-4H3. The Hall–Kier alpha value is -0.830. The zero-order chi connectivity index (χ0) is 38.9. The third kappa shape index (κ3) is 40.6. The van der Waals surface area contributed by atoms with Gasteiger partial charge in [0.15, 0.2) is 0 Å². The Kier molecular flexibility index (Phi) is 41.7. The minimum absolute atomic E-state index is 0.0168. The van der Waals surface area contributed by atoms with E-state index in [1.54, 1.807) is 6.26 Å². The summed E-state index contributed by atoms with van der Waals surface area (Å²) in [6, 6.07) is 0. The maximum atomic E-state index is 12.8. The van der Waals surface area contributed by atoms with E-state index < -0.39 is 11.4 Å². The molecule has 0 aromatic heterocycles. The molecule has 0 saturated carbocycles. The molecule has 0 aliphatic carbocycles. The van der Waals surface area contributed by atoms with Gasteiger partial charge >= 0.3 is 11.9 Å². The number of hydrogen-bond donors (Lipinski definition) is 1. The van der Waals surface area contributed by atoms with Crippen LogP contribution in [0.4, 0.5) is 0 Å². The maximum Gasteiger partial charge on any atom is 0.306 e. The predicted octanol–water partition coefficient (Wildman–Crippen LogP) is 12.6. The summed E-state index contributed by atoms with van der Waals surface area (Å²) in [6.45, 7) is 11.3. The molecule has 1 atom stereocenters. The number of ether oxygens (including phenoxy) is 2. The third-order valence-corrected chi connectivity index (χ3v) is 11.1. The van der Waals surface area contributed by atoms with Gasteiger partial charge in [-0.3, -0.25) is 9.59 Å². The number of rotatable bonds is 43. The van der Waals surface area contributed by atoms with E-state index in [0.717, 1.165) is 96.8 Å². The number of unbranched alkanes of at least 4 members (excludes halogenated alkanes) is 23. The second-order valence-corrected chi connectivity index (χ2v) is 17.0. The first-order valence-corrected chi connectivity index (χ1v) is 24.6. The molecule has 0 amide bonds. The molecule has 7 nitrogen and oxygen atoms in total. The second kappa shape index (κ2) is 42.3. The lowest BCUT2D eigenvalue weighted by Crippen LogP contribution is -2.31. The number of nitrogens with zero attached hydrogens (tertiary/aromatic N) is 1. The van der Waals surface area contributed by atoms with Gasteiger partial charge in [0.05, 0.1) is 6.61 Å². The first kappa shape index (κ1) is 52.2. The lowest BCUT2D eigenvalue weighted by atomic mass is 10.0. The molecule has 0 aromatic carbocycles. The Bertz CT molecular complexity index is 755. The summed E-state index contributed by atoms with van der Waals surface area (Å²) in [5, 5.41) is 0. The van der Waals surface area contributed by atoms with Crippen molar-refractivity contribution in [3.63, 3.8) is 0 Å². The van der Waals surface area contributed by atoms with Crippen molar-refractivity contribution in [3.05, 3.63) is 0 Å². The van der Waals surface area contributed by atoms with Crippen LogP contribution in [0.15, 0.2) is 0 Å².